The average Bonchev–Trinajstić information content (AvgIpc) is 2.74. The van der Waals surface area contributed by atoms with Crippen molar-refractivity contribution in [2.75, 3.05) is 4.90 Å². The van der Waals surface area contributed by atoms with Gasteiger partial charge in [0.1, 0.15) is 0 Å². The Hall–Kier alpha value is -1.64. The molecule has 1 unspecified atom stereocenters. The van der Waals surface area contributed by atoms with E-state index in [0.29, 0.717) is 18.0 Å². The lowest BCUT2D eigenvalue weighted by atomic mass is 9.75. The monoisotopic (exact) mass is 301 g/mol. The molecule has 1 fully saturated rings. The number of nitrogens with zero attached hydrogens (tertiary/aromatic N) is 1. The highest BCUT2D eigenvalue weighted by Crippen LogP contribution is 2.34. The molecule has 1 atom stereocenters. The summed E-state index contributed by atoms with van der Waals surface area (Å²) in [5.41, 5.74) is 2.01. The van der Waals surface area contributed by atoms with E-state index in [9.17, 15) is 9.59 Å². The van der Waals surface area contributed by atoms with E-state index >= 15 is 0 Å². The van der Waals surface area contributed by atoms with Gasteiger partial charge in [0, 0.05) is 12.3 Å². The Kier molecular flexibility index (Phi) is 4.74. The highest BCUT2D eigenvalue weighted by atomic mass is 16.2. The van der Waals surface area contributed by atoms with Gasteiger partial charge in [-0.3, -0.25) is 14.5 Å². The lowest BCUT2D eigenvalue weighted by Gasteiger charge is -2.30. The number of rotatable bonds is 5. The van der Waals surface area contributed by atoms with E-state index in [4.69, 9.17) is 0 Å². The van der Waals surface area contributed by atoms with Crippen LogP contribution in [-0.2, 0) is 15.0 Å². The van der Waals surface area contributed by atoms with Crippen LogP contribution < -0.4 is 4.90 Å². The van der Waals surface area contributed by atoms with E-state index in [1.165, 1.54) is 10.5 Å². The molecular weight excluding hydrogens is 274 g/mol. The zero-order chi connectivity index (χ0) is 16.5. The van der Waals surface area contributed by atoms with Gasteiger partial charge in [-0.15, -0.1) is 0 Å². The van der Waals surface area contributed by atoms with Crippen molar-refractivity contribution in [3.05, 3.63) is 29.8 Å². The fourth-order valence-corrected chi connectivity index (χ4v) is 2.91. The van der Waals surface area contributed by atoms with Crippen LogP contribution in [0.4, 0.5) is 5.69 Å². The number of anilines is 1. The molecule has 1 aliphatic rings. The lowest BCUT2D eigenvalue weighted by molar-refractivity contribution is -0.122. The number of hydrogen-bond acceptors (Lipinski definition) is 2. The van der Waals surface area contributed by atoms with Crippen molar-refractivity contribution in [1.82, 2.24) is 0 Å². The molecule has 3 heteroatoms. The van der Waals surface area contributed by atoms with E-state index in [2.05, 4.69) is 27.7 Å². The Bertz CT molecular complexity index is 557. The number of carbonyl (C=O) groups excluding carboxylic acids is 2. The van der Waals surface area contributed by atoms with E-state index < -0.39 is 0 Å². The summed E-state index contributed by atoms with van der Waals surface area (Å²) < 4.78 is 0. The maximum Gasteiger partial charge on any atom is 0.237 e. The lowest BCUT2D eigenvalue weighted by Crippen LogP contribution is -2.30. The van der Waals surface area contributed by atoms with Gasteiger partial charge in [-0.2, -0.15) is 0 Å². The summed E-state index contributed by atoms with van der Waals surface area (Å²) in [6.07, 6.45) is 2.07. The van der Waals surface area contributed by atoms with Gasteiger partial charge in [-0.1, -0.05) is 53.2 Å². The summed E-state index contributed by atoms with van der Waals surface area (Å²) in [6.45, 7) is 10.9. The largest absolute Gasteiger partial charge is 0.274 e. The number of imide groups is 1. The summed E-state index contributed by atoms with van der Waals surface area (Å²) in [5.74, 6) is 0.272. The van der Waals surface area contributed by atoms with E-state index in [1.54, 1.807) is 0 Å². The molecule has 0 aromatic heterocycles. The first-order chi connectivity index (χ1) is 10.3. The second-order valence-electron chi connectivity index (χ2n) is 7.18. The summed E-state index contributed by atoms with van der Waals surface area (Å²) in [7, 11) is 0. The fraction of sp³-hybridized carbons (Fsp3) is 0.579. The normalized spacial score (nSPS) is 19.4. The summed E-state index contributed by atoms with van der Waals surface area (Å²) in [6, 6.07) is 7.90. The second-order valence-corrected chi connectivity index (χ2v) is 7.18. The van der Waals surface area contributed by atoms with Crippen molar-refractivity contribution in [2.24, 2.45) is 11.8 Å². The molecule has 0 bridgehead atoms. The second kappa shape index (κ2) is 6.23. The molecular formula is C19H27NO2. The molecule has 1 heterocycles. The molecule has 2 rings (SSSR count). The summed E-state index contributed by atoms with van der Waals surface area (Å²) in [5, 5.41) is 0. The summed E-state index contributed by atoms with van der Waals surface area (Å²) >= 11 is 0. The zero-order valence-corrected chi connectivity index (χ0v) is 14.3. The quantitative estimate of drug-likeness (QED) is 0.760. The Morgan fingerprint density at radius 3 is 2.27 bits per heavy atom. The molecule has 3 nitrogen and oxygen atoms in total. The van der Waals surface area contributed by atoms with Crippen LogP contribution in [-0.4, -0.2) is 11.8 Å². The molecule has 0 N–H and O–H groups in total. The molecule has 2 amide bonds. The van der Waals surface area contributed by atoms with Gasteiger partial charge in [0.15, 0.2) is 0 Å². The highest BCUT2D eigenvalue weighted by Gasteiger charge is 2.38. The molecule has 22 heavy (non-hydrogen) atoms. The van der Waals surface area contributed by atoms with Gasteiger partial charge in [0.25, 0.3) is 0 Å². The Balaban J connectivity index is 2.24. The van der Waals surface area contributed by atoms with Crippen LogP contribution in [0, 0.1) is 11.8 Å². The van der Waals surface area contributed by atoms with E-state index in [0.717, 1.165) is 12.8 Å². The predicted octanol–water partition coefficient (Wildman–Crippen LogP) is 4.30. The Labute approximate surface area is 133 Å². The van der Waals surface area contributed by atoms with Gasteiger partial charge in [0.05, 0.1) is 5.69 Å². The first-order valence-electron chi connectivity index (χ1n) is 8.26. The average molecular weight is 301 g/mol. The maximum absolute atomic E-state index is 12.4. The van der Waals surface area contributed by atoms with Crippen molar-refractivity contribution < 1.29 is 9.59 Å². The molecule has 1 aromatic carbocycles. The van der Waals surface area contributed by atoms with Gasteiger partial charge in [0.2, 0.25) is 11.8 Å². The van der Waals surface area contributed by atoms with Gasteiger partial charge >= 0.3 is 0 Å². The first kappa shape index (κ1) is 16.7. The minimum atomic E-state index is -0.135. The van der Waals surface area contributed by atoms with Crippen LogP contribution in [0.15, 0.2) is 24.3 Å². The number of amides is 2. The smallest absolute Gasteiger partial charge is 0.237 e. The topological polar surface area (TPSA) is 37.4 Å². The van der Waals surface area contributed by atoms with Crippen molar-refractivity contribution in [3.63, 3.8) is 0 Å². The molecule has 1 aromatic rings. The zero-order valence-electron chi connectivity index (χ0n) is 14.3. The molecule has 0 aliphatic carbocycles. The van der Waals surface area contributed by atoms with Crippen LogP contribution in [0.5, 0.6) is 0 Å². The third-order valence-corrected chi connectivity index (χ3v) is 5.19. The van der Waals surface area contributed by atoms with Crippen molar-refractivity contribution in [2.45, 2.75) is 59.3 Å². The number of carbonyl (C=O) groups is 2. The van der Waals surface area contributed by atoms with Crippen molar-refractivity contribution in [1.29, 1.82) is 0 Å². The van der Waals surface area contributed by atoms with E-state index in [1.807, 2.05) is 31.2 Å². The molecule has 120 valence electrons. The molecule has 0 saturated carbocycles. The Morgan fingerprint density at radius 2 is 1.77 bits per heavy atom. The minimum Gasteiger partial charge on any atom is -0.274 e. The van der Waals surface area contributed by atoms with Crippen LogP contribution in [0.25, 0.3) is 0 Å². The van der Waals surface area contributed by atoms with Crippen LogP contribution >= 0.6 is 0 Å². The third kappa shape index (κ3) is 2.94. The summed E-state index contributed by atoms with van der Waals surface area (Å²) in [4.78, 5) is 25.9. The molecule has 1 aliphatic heterocycles. The fourth-order valence-electron chi connectivity index (χ4n) is 2.91. The standard InChI is InChI=1S/C19H27NO2/c1-6-7-14-12-17(21)20(18(14)22)16-10-8-15(9-11-16)19(4,5)13(2)3/h8-11,13-14H,6-7,12H2,1-5H3. The SMILES string of the molecule is CCCC1CC(=O)N(c2ccc(C(C)(C)C(C)C)cc2)C1=O. The van der Waals surface area contributed by atoms with E-state index in [-0.39, 0.29) is 23.1 Å². The first-order valence-corrected chi connectivity index (χ1v) is 8.26. The highest BCUT2D eigenvalue weighted by molar-refractivity contribution is 6.20. The third-order valence-electron chi connectivity index (χ3n) is 5.19. The van der Waals surface area contributed by atoms with Crippen LogP contribution in [0.3, 0.4) is 0 Å². The van der Waals surface area contributed by atoms with Crippen molar-refractivity contribution in [3.8, 4) is 0 Å². The maximum atomic E-state index is 12.4. The molecule has 0 spiro atoms. The molecule has 0 radical (unpaired) electrons. The van der Waals surface area contributed by atoms with Crippen LogP contribution in [0.2, 0.25) is 0 Å². The van der Waals surface area contributed by atoms with Crippen LogP contribution in [0.1, 0.15) is 59.4 Å². The predicted molar refractivity (Wildman–Crippen MR) is 89.8 cm³/mol. The minimum absolute atomic E-state index is 0.0391. The molecule has 1 saturated heterocycles. The number of hydrogen-bond donors (Lipinski definition) is 0. The van der Waals surface area contributed by atoms with Gasteiger partial charge in [-0.05, 0) is 35.4 Å². The van der Waals surface area contributed by atoms with Gasteiger partial charge in [-0.25, -0.2) is 0 Å². The Morgan fingerprint density at radius 1 is 1.18 bits per heavy atom. The number of benzene rings is 1. The van der Waals surface area contributed by atoms with Gasteiger partial charge < -0.3 is 0 Å². The van der Waals surface area contributed by atoms with Crippen molar-refractivity contribution >= 4 is 17.5 Å².